The second kappa shape index (κ2) is 22.6. The van der Waals surface area contributed by atoms with Crippen LogP contribution in [0.4, 0.5) is 21.5 Å². The molecule has 3 aromatic carbocycles. The third-order valence-electron chi connectivity index (χ3n) is 12.7. The van der Waals surface area contributed by atoms with Crippen LogP contribution in [-0.4, -0.2) is 96.1 Å². The van der Waals surface area contributed by atoms with Crippen LogP contribution >= 0.6 is 23.2 Å². The number of H-pyrrole nitrogens is 1. The van der Waals surface area contributed by atoms with Crippen LogP contribution in [-0.2, 0) is 22.6 Å². The van der Waals surface area contributed by atoms with E-state index in [-0.39, 0.29) is 29.0 Å². The number of nitrogens with zero attached hydrogens (tertiary/aromatic N) is 7. The van der Waals surface area contributed by atoms with Crippen LogP contribution in [0.2, 0.25) is 10.0 Å². The average molecular weight is 1050 g/mol. The molecule has 74 heavy (non-hydrogen) atoms. The van der Waals surface area contributed by atoms with E-state index in [1.54, 1.807) is 55.7 Å². The molecule has 9 rings (SSSR count). The maximum atomic E-state index is 14.1. The SMILES string of the molecule is CC(C(=O)c1ccccc1)n1ccc2nc(N3CCC[C@@H](NC(=O)OC(C)(C)C)C3)n(Cc3ccccc3Cl)c2c1=O.CC(C)(C)OC(=O)N[C@@H]1CCCN(c2nc3cc[nH]c(=O)c3n2Cc2ccccc2Cl)C1. The second-order valence-corrected chi connectivity index (χ2v) is 21.6. The molecule has 0 radical (unpaired) electrons. The van der Waals surface area contributed by atoms with E-state index in [1.165, 1.54) is 4.57 Å². The number of halogens is 2. The summed E-state index contributed by atoms with van der Waals surface area (Å²) in [6.07, 6.45) is 5.70. The molecule has 17 nitrogen and oxygen atoms in total. The van der Waals surface area contributed by atoms with Crippen molar-refractivity contribution in [1.29, 1.82) is 0 Å². The molecule has 3 atom stereocenters. The largest absolute Gasteiger partial charge is 0.444 e. The van der Waals surface area contributed by atoms with Gasteiger partial charge in [-0.05, 0) is 110 Å². The Morgan fingerprint density at radius 2 is 1.15 bits per heavy atom. The van der Waals surface area contributed by atoms with Crippen molar-refractivity contribution in [3.63, 3.8) is 0 Å². The number of hydrogen-bond donors (Lipinski definition) is 3. The standard InChI is InChI=1S/C32H36ClN5O4.C23H28ClN5O3/c1-21(28(39)22-11-6-5-7-12-22)37-18-16-26-27(29(37)40)38(19-23-13-8-9-15-25(23)33)30(35-26)36-17-10-14-24(20-36)34-31(41)42-32(2,3)4;1-23(2,3)32-22(31)26-16-8-6-12-28(14-16)21-27-18-10-11-25-20(30)19(18)29(21)13-15-7-4-5-9-17(15)24/h5-9,11-13,15-16,18,21,24H,10,14,17,19-20H2,1-4H3,(H,34,41);4-5,7,9-11,16H,6,8,12-14H2,1-3H3,(H,25,30)(H,26,31)/t21?,24-;16-/m11/s1. The Bertz CT molecular complexity index is 3260. The molecule has 2 aliphatic rings. The highest BCUT2D eigenvalue weighted by atomic mass is 35.5. The molecule has 390 valence electrons. The number of Topliss-reactive ketones (excluding diaryl/α,β-unsaturated/α-hetero) is 1. The quantitative estimate of drug-likeness (QED) is 0.105. The number of amides is 2. The zero-order valence-corrected chi connectivity index (χ0v) is 44.4. The van der Waals surface area contributed by atoms with Gasteiger partial charge in [0.25, 0.3) is 11.1 Å². The number of pyridine rings is 2. The third-order valence-corrected chi connectivity index (χ3v) is 13.5. The number of rotatable bonds is 11. The van der Waals surface area contributed by atoms with Gasteiger partial charge in [0.05, 0.1) is 30.2 Å². The first-order valence-corrected chi connectivity index (χ1v) is 25.7. The fourth-order valence-corrected chi connectivity index (χ4v) is 9.76. The number of piperidine rings is 2. The minimum atomic E-state index is -0.714. The first kappa shape index (κ1) is 53.2. The maximum Gasteiger partial charge on any atom is 0.407 e. The number of nitrogens with one attached hydrogen (secondary N) is 3. The van der Waals surface area contributed by atoms with Gasteiger partial charge in [-0.25, -0.2) is 19.6 Å². The van der Waals surface area contributed by atoms with Gasteiger partial charge in [0.15, 0.2) is 5.78 Å². The highest BCUT2D eigenvalue weighted by Crippen LogP contribution is 2.30. The minimum absolute atomic E-state index is 0.0783. The summed E-state index contributed by atoms with van der Waals surface area (Å²) < 4.78 is 16.1. The van der Waals surface area contributed by atoms with Crippen LogP contribution in [0.5, 0.6) is 0 Å². The van der Waals surface area contributed by atoms with Gasteiger partial charge in [0.1, 0.15) is 22.2 Å². The van der Waals surface area contributed by atoms with Crippen molar-refractivity contribution in [3.05, 3.63) is 151 Å². The Kier molecular flexibility index (Phi) is 16.2. The highest BCUT2D eigenvalue weighted by Gasteiger charge is 2.31. The van der Waals surface area contributed by atoms with E-state index in [1.807, 2.05) is 105 Å². The van der Waals surface area contributed by atoms with Crippen LogP contribution in [0, 0.1) is 0 Å². The summed E-state index contributed by atoms with van der Waals surface area (Å²) in [5.41, 5.74) is 2.66. The van der Waals surface area contributed by atoms with Crippen molar-refractivity contribution in [2.75, 3.05) is 36.0 Å². The number of carbonyl (C=O) groups excluding carboxylic acids is 3. The molecule has 19 heteroatoms. The van der Waals surface area contributed by atoms with Gasteiger partial charge in [0, 0.05) is 66.3 Å². The van der Waals surface area contributed by atoms with Gasteiger partial charge in [-0.3, -0.25) is 14.4 Å². The van der Waals surface area contributed by atoms with Crippen molar-refractivity contribution < 1.29 is 23.9 Å². The number of aromatic amines is 1. The zero-order valence-electron chi connectivity index (χ0n) is 42.9. The van der Waals surface area contributed by atoms with Crippen molar-refractivity contribution >= 4 is 75.1 Å². The Labute approximate surface area is 439 Å². The van der Waals surface area contributed by atoms with E-state index >= 15 is 0 Å². The molecule has 0 bridgehead atoms. The molecule has 2 aliphatic heterocycles. The number of ketones is 1. The summed E-state index contributed by atoms with van der Waals surface area (Å²) in [5.74, 6) is 1.14. The number of aromatic nitrogens is 6. The summed E-state index contributed by atoms with van der Waals surface area (Å²) in [6.45, 7) is 16.0. The lowest BCUT2D eigenvalue weighted by Crippen LogP contribution is -2.49. The lowest BCUT2D eigenvalue weighted by Gasteiger charge is -2.34. The topological polar surface area (TPSA) is 191 Å². The number of anilines is 2. The van der Waals surface area contributed by atoms with E-state index in [0.29, 0.717) is 82.3 Å². The smallest absolute Gasteiger partial charge is 0.407 e. The van der Waals surface area contributed by atoms with Gasteiger partial charge < -0.3 is 48.6 Å². The van der Waals surface area contributed by atoms with E-state index in [2.05, 4.69) is 25.4 Å². The normalized spacial score (nSPS) is 16.6. The number of imidazole rings is 2. The fourth-order valence-electron chi connectivity index (χ4n) is 9.37. The Hall–Kier alpha value is -7.11. The molecule has 0 saturated carbocycles. The van der Waals surface area contributed by atoms with Gasteiger partial charge in [-0.1, -0.05) is 89.9 Å². The molecule has 0 spiro atoms. The predicted octanol–water partition coefficient (Wildman–Crippen LogP) is 9.76. The molecule has 1 unspecified atom stereocenters. The number of carbonyl (C=O) groups is 3. The Morgan fingerprint density at radius 1 is 0.676 bits per heavy atom. The lowest BCUT2D eigenvalue weighted by atomic mass is 10.1. The summed E-state index contributed by atoms with van der Waals surface area (Å²) >= 11 is 13.0. The fraction of sp³-hybridized carbons (Fsp3) is 0.400. The van der Waals surface area contributed by atoms with Crippen molar-refractivity contribution in [1.82, 2.24) is 39.3 Å². The van der Waals surface area contributed by atoms with Gasteiger partial charge in [-0.15, -0.1) is 0 Å². The minimum Gasteiger partial charge on any atom is -0.444 e. The Morgan fingerprint density at radius 3 is 1.65 bits per heavy atom. The number of fused-ring (bicyclic) bond motifs is 2. The van der Waals surface area contributed by atoms with Crippen molar-refractivity contribution in [3.8, 4) is 0 Å². The van der Waals surface area contributed by atoms with Crippen molar-refractivity contribution in [2.24, 2.45) is 0 Å². The van der Waals surface area contributed by atoms with Gasteiger partial charge >= 0.3 is 12.2 Å². The van der Waals surface area contributed by atoms with Crippen LogP contribution in [0.25, 0.3) is 22.1 Å². The summed E-state index contributed by atoms with van der Waals surface area (Å²) in [5, 5.41) is 7.17. The molecule has 3 N–H and O–H groups in total. The Balaban J connectivity index is 0.000000204. The molecule has 7 aromatic rings. The summed E-state index contributed by atoms with van der Waals surface area (Å²) in [7, 11) is 0. The predicted molar refractivity (Wildman–Crippen MR) is 290 cm³/mol. The molecule has 0 aliphatic carbocycles. The molecular formula is C55H64Cl2N10O7. The first-order valence-electron chi connectivity index (χ1n) is 25.0. The average Bonchev–Trinajstić information content (AvgIpc) is 3.91. The highest BCUT2D eigenvalue weighted by molar-refractivity contribution is 6.31. The van der Waals surface area contributed by atoms with Crippen LogP contribution in [0.15, 0.2) is 113 Å². The molecule has 2 amide bonds. The van der Waals surface area contributed by atoms with Gasteiger partial charge in [-0.2, -0.15) is 0 Å². The molecule has 2 fully saturated rings. The molecular weight excluding hydrogens is 984 g/mol. The van der Waals surface area contributed by atoms with Crippen LogP contribution in [0.1, 0.15) is 102 Å². The number of benzene rings is 3. The van der Waals surface area contributed by atoms with E-state index in [9.17, 15) is 24.0 Å². The zero-order chi connectivity index (χ0) is 52.9. The van der Waals surface area contributed by atoms with Gasteiger partial charge in [0.2, 0.25) is 11.9 Å². The van der Waals surface area contributed by atoms with Crippen LogP contribution < -0.4 is 31.6 Å². The molecule has 6 heterocycles. The third kappa shape index (κ3) is 12.8. The number of hydrogen-bond acceptors (Lipinski definition) is 11. The van der Waals surface area contributed by atoms with E-state index in [4.69, 9.17) is 42.6 Å². The summed E-state index contributed by atoms with van der Waals surface area (Å²) in [6, 6.07) is 26.7. The lowest BCUT2D eigenvalue weighted by molar-refractivity contribution is 0.0488. The monoisotopic (exact) mass is 1050 g/mol. The van der Waals surface area contributed by atoms with E-state index in [0.717, 1.165) is 43.4 Å². The molecule has 2 saturated heterocycles. The number of ether oxygens (including phenoxy) is 2. The van der Waals surface area contributed by atoms with E-state index < -0.39 is 29.4 Å². The molecule has 4 aromatic heterocycles. The summed E-state index contributed by atoms with van der Waals surface area (Å²) in [4.78, 5) is 81.4. The number of alkyl carbamates (subject to hydrolysis) is 2. The first-order chi connectivity index (χ1) is 35.2. The van der Waals surface area contributed by atoms with Crippen molar-refractivity contribution in [2.45, 2.75) is 117 Å². The van der Waals surface area contributed by atoms with Crippen LogP contribution in [0.3, 0.4) is 0 Å². The maximum absolute atomic E-state index is 14.1. The second-order valence-electron chi connectivity index (χ2n) is 20.8.